The van der Waals surface area contributed by atoms with Crippen molar-refractivity contribution in [3.8, 4) is 0 Å². The van der Waals surface area contributed by atoms with Crippen LogP contribution in [-0.4, -0.2) is 29.8 Å². The molecule has 0 aliphatic carbocycles. The van der Waals surface area contributed by atoms with E-state index >= 15 is 0 Å². The number of rotatable bonds is 5. The Labute approximate surface area is 175 Å². The van der Waals surface area contributed by atoms with Crippen molar-refractivity contribution in [2.24, 2.45) is 5.92 Å². The minimum Gasteiger partial charge on any atom is -0.326 e. The molecule has 1 unspecified atom stereocenters. The summed E-state index contributed by atoms with van der Waals surface area (Å²) in [6.07, 6.45) is 1.80. The maximum atomic E-state index is 12.7. The third-order valence-electron chi connectivity index (χ3n) is 4.74. The number of nitrogens with one attached hydrogen (secondary N) is 2. The first-order valence-corrected chi connectivity index (χ1v) is 10.0. The molecule has 1 heterocycles. The fourth-order valence-electron chi connectivity index (χ4n) is 3.43. The van der Waals surface area contributed by atoms with E-state index in [1.54, 1.807) is 24.3 Å². The Bertz CT molecular complexity index is 872. The van der Waals surface area contributed by atoms with Gasteiger partial charge in [-0.1, -0.05) is 35.3 Å². The quantitative estimate of drug-likeness (QED) is 0.731. The maximum absolute atomic E-state index is 12.7. The van der Waals surface area contributed by atoms with Crippen molar-refractivity contribution in [1.82, 2.24) is 4.90 Å². The SMILES string of the molecule is CC(=O)Nc1cccc(NC(=O)C2CCCN(Cc3ccc(Cl)cc3Cl)C2)c1. The van der Waals surface area contributed by atoms with Crippen LogP contribution in [0.1, 0.15) is 25.3 Å². The van der Waals surface area contributed by atoms with Crippen LogP contribution in [0.5, 0.6) is 0 Å². The molecule has 1 atom stereocenters. The van der Waals surface area contributed by atoms with Crippen molar-refractivity contribution in [3.05, 3.63) is 58.1 Å². The Morgan fingerprint density at radius 2 is 1.86 bits per heavy atom. The van der Waals surface area contributed by atoms with Gasteiger partial charge in [-0.3, -0.25) is 14.5 Å². The van der Waals surface area contributed by atoms with Gasteiger partial charge in [0.2, 0.25) is 11.8 Å². The highest BCUT2D eigenvalue weighted by molar-refractivity contribution is 6.35. The van der Waals surface area contributed by atoms with Crippen LogP contribution >= 0.6 is 23.2 Å². The lowest BCUT2D eigenvalue weighted by Crippen LogP contribution is -2.40. The molecule has 2 aromatic carbocycles. The summed E-state index contributed by atoms with van der Waals surface area (Å²) in [5.74, 6) is -0.247. The van der Waals surface area contributed by atoms with Crippen LogP contribution < -0.4 is 10.6 Å². The fraction of sp³-hybridized carbons (Fsp3) is 0.333. The van der Waals surface area contributed by atoms with Crippen molar-refractivity contribution >= 4 is 46.4 Å². The van der Waals surface area contributed by atoms with E-state index in [1.165, 1.54) is 6.92 Å². The number of piperidine rings is 1. The first-order chi connectivity index (χ1) is 13.4. The van der Waals surface area contributed by atoms with Gasteiger partial charge in [0.1, 0.15) is 0 Å². The zero-order valence-electron chi connectivity index (χ0n) is 15.7. The van der Waals surface area contributed by atoms with Crippen LogP contribution in [0.4, 0.5) is 11.4 Å². The molecule has 2 N–H and O–H groups in total. The molecule has 3 rings (SSSR count). The predicted molar refractivity (Wildman–Crippen MR) is 114 cm³/mol. The summed E-state index contributed by atoms with van der Waals surface area (Å²) in [4.78, 5) is 26.2. The second-order valence-electron chi connectivity index (χ2n) is 7.06. The molecule has 0 aromatic heterocycles. The fourth-order valence-corrected chi connectivity index (χ4v) is 3.89. The van der Waals surface area contributed by atoms with Gasteiger partial charge in [-0.2, -0.15) is 0 Å². The molecule has 0 saturated carbocycles. The standard InChI is InChI=1S/C21H23Cl2N3O2/c1-14(27)24-18-5-2-6-19(11-18)25-21(28)16-4-3-9-26(13-16)12-15-7-8-17(22)10-20(15)23/h2,5-8,10-11,16H,3-4,9,12-13H2,1H3,(H,24,27)(H,25,28). The third kappa shape index (κ3) is 5.71. The number of benzene rings is 2. The lowest BCUT2D eigenvalue weighted by Gasteiger charge is -2.32. The Hall–Kier alpha value is -2.08. The Morgan fingerprint density at radius 1 is 1.11 bits per heavy atom. The Balaban J connectivity index is 1.60. The van der Waals surface area contributed by atoms with E-state index < -0.39 is 0 Å². The van der Waals surface area contributed by atoms with E-state index in [0.717, 1.165) is 24.9 Å². The van der Waals surface area contributed by atoms with Gasteiger partial charge in [0.25, 0.3) is 0 Å². The van der Waals surface area contributed by atoms with Crippen molar-refractivity contribution in [3.63, 3.8) is 0 Å². The maximum Gasteiger partial charge on any atom is 0.228 e. The molecule has 1 aliphatic heterocycles. The summed E-state index contributed by atoms with van der Waals surface area (Å²) in [7, 11) is 0. The lowest BCUT2D eigenvalue weighted by molar-refractivity contribution is -0.121. The van der Waals surface area contributed by atoms with Gasteiger partial charge in [-0.15, -0.1) is 0 Å². The van der Waals surface area contributed by atoms with Gasteiger partial charge in [0, 0.05) is 41.4 Å². The highest BCUT2D eigenvalue weighted by Gasteiger charge is 2.26. The summed E-state index contributed by atoms with van der Waals surface area (Å²) in [5, 5.41) is 6.95. The molecule has 0 bridgehead atoms. The Morgan fingerprint density at radius 3 is 2.57 bits per heavy atom. The lowest BCUT2D eigenvalue weighted by atomic mass is 9.96. The van der Waals surface area contributed by atoms with E-state index in [1.807, 2.05) is 18.2 Å². The molecule has 0 radical (unpaired) electrons. The number of anilines is 2. The summed E-state index contributed by atoms with van der Waals surface area (Å²) in [6.45, 7) is 3.75. The van der Waals surface area contributed by atoms with Crippen LogP contribution in [0.25, 0.3) is 0 Å². The molecule has 2 amide bonds. The topological polar surface area (TPSA) is 61.4 Å². The Kier molecular flexibility index (Phi) is 6.94. The molecule has 1 aliphatic rings. The number of carbonyl (C=O) groups is 2. The minimum atomic E-state index is -0.146. The van der Waals surface area contributed by atoms with Crippen molar-refractivity contribution in [2.45, 2.75) is 26.3 Å². The van der Waals surface area contributed by atoms with Crippen molar-refractivity contribution in [1.29, 1.82) is 0 Å². The van der Waals surface area contributed by atoms with Crippen LogP contribution in [-0.2, 0) is 16.1 Å². The number of carbonyl (C=O) groups excluding carboxylic acids is 2. The smallest absolute Gasteiger partial charge is 0.228 e. The van der Waals surface area contributed by atoms with Gasteiger partial charge in [-0.05, 0) is 55.3 Å². The average Bonchev–Trinajstić information content (AvgIpc) is 2.64. The molecular weight excluding hydrogens is 397 g/mol. The van der Waals surface area contributed by atoms with E-state index in [-0.39, 0.29) is 17.7 Å². The largest absolute Gasteiger partial charge is 0.326 e. The zero-order valence-corrected chi connectivity index (χ0v) is 17.2. The number of hydrogen-bond acceptors (Lipinski definition) is 3. The van der Waals surface area contributed by atoms with Gasteiger partial charge in [-0.25, -0.2) is 0 Å². The average molecular weight is 420 g/mol. The summed E-state index contributed by atoms with van der Waals surface area (Å²) in [5.41, 5.74) is 2.34. The van der Waals surface area contributed by atoms with Gasteiger partial charge >= 0.3 is 0 Å². The molecule has 5 nitrogen and oxygen atoms in total. The summed E-state index contributed by atoms with van der Waals surface area (Å²) < 4.78 is 0. The molecule has 0 spiro atoms. The molecule has 148 valence electrons. The number of likely N-dealkylation sites (tertiary alicyclic amines) is 1. The summed E-state index contributed by atoms with van der Waals surface area (Å²) in [6, 6.07) is 12.7. The van der Waals surface area contributed by atoms with Crippen LogP contribution in [0.15, 0.2) is 42.5 Å². The van der Waals surface area contributed by atoms with Gasteiger partial charge in [0.15, 0.2) is 0 Å². The number of halogens is 2. The van der Waals surface area contributed by atoms with E-state index in [0.29, 0.717) is 34.5 Å². The van der Waals surface area contributed by atoms with Gasteiger partial charge in [0.05, 0.1) is 5.92 Å². The normalized spacial score (nSPS) is 17.2. The number of nitrogens with zero attached hydrogens (tertiary/aromatic N) is 1. The van der Waals surface area contributed by atoms with Crippen LogP contribution in [0, 0.1) is 5.92 Å². The second kappa shape index (κ2) is 9.41. The molecule has 28 heavy (non-hydrogen) atoms. The summed E-state index contributed by atoms with van der Waals surface area (Å²) >= 11 is 12.3. The third-order valence-corrected chi connectivity index (χ3v) is 5.32. The predicted octanol–water partition coefficient (Wildman–Crippen LogP) is 4.80. The minimum absolute atomic E-state index is 0.00752. The monoisotopic (exact) mass is 419 g/mol. The second-order valence-corrected chi connectivity index (χ2v) is 7.90. The zero-order chi connectivity index (χ0) is 20.1. The number of hydrogen-bond donors (Lipinski definition) is 2. The van der Waals surface area contributed by atoms with Crippen molar-refractivity contribution < 1.29 is 9.59 Å². The first-order valence-electron chi connectivity index (χ1n) is 9.25. The number of amides is 2. The van der Waals surface area contributed by atoms with E-state index in [2.05, 4.69) is 15.5 Å². The molecule has 1 saturated heterocycles. The highest BCUT2D eigenvalue weighted by atomic mass is 35.5. The van der Waals surface area contributed by atoms with Crippen LogP contribution in [0.2, 0.25) is 10.0 Å². The van der Waals surface area contributed by atoms with Crippen LogP contribution in [0.3, 0.4) is 0 Å². The molecule has 7 heteroatoms. The van der Waals surface area contributed by atoms with Gasteiger partial charge < -0.3 is 10.6 Å². The van der Waals surface area contributed by atoms with E-state index in [4.69, 9.17) is 23.2 Å². The molecule has 1 fully saturated rings. The van der Waals surface area contributed by atoms with Crippen molar-refractivity contribution in [2.75, 3.05) is 23.7 Å². The first kappa shape index (κ1) is 20.6. The highest BCUT2D eigenvalue weighted by Crippen LogP contribution is 2.25. The van der Waals surface area contributed by atoms with E-state index in [9.17, 15) is 9.59 Å². The molecule has 2 aromatic rings. The molecular formula is C21H23Cl2N3O2.